The van der Waals surface area contributed by atoms with Gasteiger partial charge < -0.3 is 24.6 Å². The van der Waals surface area contributed by atoms with E-state index in [0.29, 0.717) is 12.0 Å². The Labute approximate surface area is 137 Å². The molecule has 2 heterocycles. The zero-order chi connectivity index (χ0) is 16.2. The van der Waals surface area contributed by atoms with Crippen LogP contribution in [-0.2, 0) is 4.74 Å². The second-order valence-electron chi connectivity index (χ2n) is 6.36. The van der Waals surface area contributed by atoms with Gasteiger partial charge in [-0.05, 0) is 38.2 Å². The van der Waals surface area contributed by atoms with Crippen molar-refractivity contribution in [1.82, 2.24) is 0 Å². The van der Waals surface area contributed by atoms with E-state index in [1.807, 2.05) is 12.1 Å². The highest BCUT2D eigenvalue weighted by Gasteiger charge is 2.39. The van der Waals surface area contributed by atoms with Crippen LogP contribution in [-0.4, -0.2) is 38.6 Å². The van der Waals surface area contributed by atoms with Crippen molar-refractivity contribution in [3.8, 4) is 11.5 Å². The molecule has 0 aromatic heterocycles. The monoisotopic (exact) mass is 321 g/mol. The maximum Gasteiger partial charge on any atom is 0.162 e. The van der Waals surface area contributed by atoms with E-state index >= 15 is 0 Å². The Kier molecular flexibility index (Phi) is 5.28. The van der Waals surface area contributed by atoms with Crippen molar-refractivity contribution < 1.29 is 19.3 Å². The van der Waals surface area contributed by atoms with E-state index in [9.17, 15) is 0 Å². The van der Waals surface area contributed by atoms with E-state index in [-0.39, 0.29) is 12.7 Å². The van der Waals surface area contributed by atoms with Gasteiger partial charge in [-0.3, -0.25) is 0 Å². The van der Waals surface area contributed by atoms with Crippen LogP contribution in [0.25, 0.3) is 0 Å². The molecule has 1 saturated heterocycles. The number of hydrogen-bond acceptors (Lipinski definition) is 5. The fourth-order valence-corrected chi connectivity index (χ4v) is 3.86. The molecule has 0 saturated carbocycles. The molecule has 3 rings (SSSR count). The average Bonchev–Trinajstić information content (AvgIpc) is 2.60. The predicted octanol–water partition coefficient (Wildman–Crippen LogP) is 3.13. The van der Waals surface area contributed by atoms with Crippen LogP contribution < -0.4 is 14.8 Å². The lowest BCUT2D eigenvalue weighted by atomic mass is 9.78. The van der Waals surface area contributed by atoms with E-state index in [4.69, 9.17) is 19.3 Å². The third-order valence-corrected chi connectivity index (χ3v) is 5.01. The number of anilines is 1. The van der Waals surface area contributed by atoms with E-state index < -0.39 is 0 Å². The third kappa shape index (κ3) is 3.26. The van der Waals surface area contributed by atoms with Gasteiger partial charge in [-0.1, -0.05) is 0 Å². The highest BCUT2D eigenvalue weighted by Crippen LogP contribution is 2.48. The van der Waals surface area contributed by atoms with Gasteiger partial charge in [0.05, 0.1) is 20.3 Å². The van der Waals surface area contributed by atoms with Crippen LogP contribution in [0.2, 0.25) is 0 Å². The molecule has 0 unspecified atom stereocenters. The van der Waals surface area contributed by atoms with Crippen molar-refractivity contribution in [3.63, 3.8) is 0 Å². The highest BCUT2D eigenvalue weighted by molar-refractivity contribution is 5.63. The second kappa shape index (κ2) is 7.41. The zero-order valence-corrected chi connectivity index (χ0v) is 14.0. The van der Waals surface area contributed by atoms with Gasteiger partial charge in [0.1, 0.15) is 0 Å². The molecule has 0 spiro atoms. The summed E-state index contributed by atoms with van der Waals surface area (Å²) >= 11 is 0. The van der Waals surface area contributed by atoms with Crippen LogP contribution in [0.4, 0.5) is 5.69 Å². The molecule has 2 N–H and O–H groups in total. The minimum absolute atomic E-state index is 0.124. The third-order valence-electron chi connectivity index (χ3n) is 5.01. The minimum Gasteiger partial charge on any atom is -0.493 e. The number of hydrogen-bond donors (Lipinski definition) is 2. The van der Waals surface area contributed by atoms with Gasteiger partial charge in [0.15, 0.2) is 11.5 Å². The Morgan fingerprint density at radius 3 is 2.74 bits per heavy atom. The molecular formula is C18H27NO4. The minimum atomic E-state index is 0.124. The Balaban J connectivity index is 1.90. The number of aliphatic hydroxyl groups is 1. The van der Waals surface area contributed by atoms with Gasteiger partial charge in [-0.2, -0.15) is 0 Å². The van der Waals surface area contributed by atoms with Gasteiger partial charge in [0.2, 0.25) is 0 Å². The number of aliphatic hydroxyl groups excluding tert-OH is 1. The standard InChI is InChI=1S/C18H27NO4/c1-21-16-10-13-15(11-17(16)22-2)19-14(7-3-4-8-20)12-6-5-9-23-18(12)13/h10-12,14,18-20H,3-9H2,1-2H3/t12-,14-,18-/m1/s1. The number of benzene rings is 1. The summed E-state index contributed by atoms with van der Waals surface area (Å²) in [5, 5.41) is 12.7. The van der Waals surface area contributed by atoms with Crippen LogP contribution in [0.1, 0.15) is 43.8 Å². The highest BCUT2D eigenvalue weighted by atomic mass is 16.5. The van der Waals surface area contributed by atoms with Crippen molar-refractivity contribution >= 4 is 5.69 Å². The number of rotatable bonds is 6. The van der Waals surface area contributed by atoms with Crippen molar-refractivity contribution in [1.29, 1.82) is 0 Å². The van der Waals surface area contributed by atoms with Crippen molar-refractivity contribution in [2.75, 3.05) is 32.8 Å². The van der Waals surface area contributed by atoms with Crippen LogP contribution in [0, 0.1) is 5.92 Å². The maximum absolute atomic E-state index is 9.04. The molecule has 3 atom stereocenters. The van der Waals surface area contributed by atoms with E-state index in [2.05, 4.69) is 5.32 Å². The molecule has 128 valence electrons. The van der Waals surface area contributed by atoms with Gasteiger partial charge in [0, 0.05) is 42.5 Å². The van der Waals surface area contributed by atoms with Crippen molar-refractivity contribution in [2.24, 2.45) is 5.92 Å². The van der Waals surface area contributed by atoms with Crippen molar-refractivity contribution in [3.05, 3.63) is 17.7 Å². The Hall–Kier alpha value is -1.46. The summed E-state index contributed by atoms with van der Waals surface area (Å²) in [5.41, 5.74) is 2.26. The molecular weight excluding hydrogens is 294 g/mol. The smallest absolute Gasteiger partial charge is 0.162 e. The number of nitrogens with one attached hydrogen (secondary N) is 1. The lowest BCUT2D eigenvalue weighted by Crippen LogP contribution is -2.41. The molecule has 5 nitrogen and oxygen atoms in total. The topological polar surface area (TPSA) is 60.0 Å². The fourth-order valence-electron chi connectivity index (χ4n) is 3.86. The number of fused-ring (bicyclic) bond motifs is 3. The molecule has 5 heteroatoms. The molecule has 0 aliphatic carbocycles. The van der Waals surface area contributed by atoms with Gasteiger partial charge >= 0.3 is 0 Å². The molecule has 1 aromatic rings. The number of methoxy groups -OCH3 is 2. The van der Waals surface area contributed by atoms with Gasteiger partial charge in [0.25, 0.3) is 0 Å². The first kappa shape index (κ1) is 16.4. The first-order valence-electron chi connectivity index (χ1n) is 8.53. The largest absolute Gasteiger partial charge is 0.493 e. The fraction of sp³-hybridized carbons (Fsp3) is 0.667. The number of ether oxygens (including phenoxy) is 3. The van der Waals surface area contributed by atoms with E-state index in [1.165, 1.54) is 12.0 Å². The summed E-state index contributed by atoms with van der Waals surface area (Å²) in [7, 11) is 3.32. The molecule has 0 radical (unpaired) electrons. The Morgan fingerprint density at radius 1 is 1.22 bits per heavy atom. The lowest BCUT2D eigenvalue weighted by Gasteiger charge is -2.43. The normalized spacial score (nSPS) is 26.0. The lowest BCUT2D eigenvalue weighted by molar-refractivity contribution is -0.0388. The molecule has 23 heavy (non-hydrogen) atoms. The first-order valence-corrected chi connectivity index (χ1v) is 8.53. The average molecular weight is 321 g/mol. The summed E-state index contributed by atoms with van der Waals surface area (Å²) in [6, 6.07) is 4.45. The van der Waals surface area contributed by atoms with E-state index in [1.54, 1.807) is 14.2 Å². The Morgan fingerprint density at radius 2 is 2.00 bits per heavy atom. The Bertz CT molecular complexity index is 534. The van der Waals surface area contributed by atoms with Crippen LogP contribution in [0.3, 0.4) is 0 Å². The summed E-state index contributed by atoms with van der Waals surface area (Å²) in [4.78, 5) is 0. The first-order chi connectivity index (χ1) is 11.3. The summed E-state index contributed by atoms with van der Waals surface area (Å²) in [5.74, 6) is 1.97. The quantitative estimate of drug-likeness (QED) is 0.788. The summed E-state index contributed by atoms with van der Waals surface area (Å²) in [6.07, 6.45) is 5.35. The SMILES string of the molecule is COc1cc2c(cc1OC)[C@@H]1OCCC[C@@H]1[C@@H](CCCCO)N2. The molecule has 2 aliphatic rings. The molecule has 2 aliphatic heterocycles. The molecule has 0 amide bonds. The molecule has 0 bridgehead atoms. The van der Waals surface area contributed by atoms with Crippen LogP contribution in [0.15, 0.2) is 12.1 Å². The summed E-state index contributed by atoms with van der Waals surface area (Å²) in [6.45, 7) is 1.08. The van der Waals surface area contributed by atoms with Crippen molar-refractivity contribution in [2.45, 2.75) is 44.2 Å². The van der Waals surface area contributed by atoms with Gasteiger partial charge in [-0.25, -0.2) is 0 Å². The maximum atomic E-state index is 9.04. The van der Waals surface area contributed by atoms with Crippen LogP contribution >= 0.6 is 0 Å². The van der Waals surface area contributed by atoms with Crippen LogP contribution in [0.5, 0.6) is 11.5 Å². The van der Waals surface area contributed by atoms with Gasteiger partial charge in [-0.15, -0.1) is 0 Å². The number of unbranched alkanes of at least 4 members (excludes halogenated alkanes) is 1. The zero-order valence-electron chi connectivity index (χ0n) is 14.0. The predicted molar refractivity (Wildman–Crippen MR) is 89.3 cm³/mol. The molecule has 1 fully saturated rings. The second-order valence-corrected chi connectivity index (χ2v) is 6.36. The van der Waals surface area contributed by atoms with E-state index in [0.717, 1.165) is 49.5 Å². The molecule has 1 aromatic carbocycles. The summed E-state index contributed by atoms with van der Waals surface area (Å²) < 4.78 is 17.0.